The lowest BCUT2D eigenvalue weighted by Gasteiger charge is -2.11. The van der Waals surface area contributed by atoms with E-state index < -0.39 is 16.0 Å². The van der Waals surface area contributed by atoms with E-state index in [-0.39, 0.29) is 22.9 Å². The normalized spacial score (nSPS) is 11.2. The Kier molecular flexibility index (Phi) is 6.13. The maximum Gasteiger partial charge on any atom is 0.307 e. The average Bonchev–Trinajstić information content (AvgIpc) is 3.13. The fourth-order valence-electron chi connectivity index (χ4n) is 2.72. The van der Waals surface area contributed by atoms with Crippen LogP contribution in [-0.2, 0) is 34.2 Å². The molecule has 10 heteroatoms. The molecule has 0 saturated heterocycles. The third-order valence-corrected chi connectivity index (χ3v) is 5.45. The van der Waals surface area contributed by atoms with Crippen LogP contribution in [0.25, 0.3) is 0 Å². The molecular weight excluding hydrogens is 396 g/mol. The minimum absolute atomic E-state index is 0.112. The summed E-state index contributed by atoms with van der Waals surface area (Å²) in [6, 6.07) is 11.4. The van der Waals surface area contributed by atoms with Crippen molar-refractivity contribution in [3.05, 3.63) is 66.1 Å². The number of nitrogens with zero attached hydrogens (tertiary/aromatic N) is 3. The number of carbonyl (C=O) groups is 1. The van der Waals surface area contributed by atoms with Crippen LogP contribution in [0, 0.1) is 0 Å². The van der Waals surface area contributed by atoms with Gasteiger partial charge in [0.1, 0.15) is 10.6 Å². The molecule has 0 aliphatic rings. The number of carboxylic acid groups (broad SMARTS) is 1. The van der Waals surface area contributed by atoms with Crippen molar-refractivity contribution in [1.29, 1.82) is 0 Å². The van der Waals surface area contributed by atoms with Crippen molar-refractivity contribution in [3.8, 4) is 5.75 Å². The van der Waals surface area contributed by atoms with E-state index in [1.807, 2.05) is 18.2 Å². The molecule has 0 unspecified atom stereocenters. The fraction of sp³-hybridized carbons (Fsp3) is 0.211. The van der Waals surface area contributed by atoms with Gasteiger partial charge in [0.25, 0.3) is 10.0 Å². The zero-order chi connectivity index (χ0) is 20.9. The van der Waals surface area contributed by atoms with Crippen LogP contribution in [0.3, 0.4) is 0 Å². The van der Waals surface area contributed by atoms with Crippen molar-refractivity contribution in [2.24, 2.45) is 0 Å². The quantitative estimate of drug-likeness (QED) is 0.546. The minimum Gasteiger partial charge on any atom is -0.495 e. The van der Waals surface area contributed by atoms with Gasteiger partial charge < -0.3 is 9.84 Å². The van der Waals surface area contributed by atoms with E-state index in [4.69, 9.17) is 9.84 Å². The highest BCUT2D eigenvalue weighted by atomic mass is 32.2. The number of pyridine rings is 1. The molecule has 152 valence electrons. The van der Waals surface area contributed by atoms with E-state index in [9.17, 15) is 13.2 Å². The lowest BCUT2D eigenvalue weighted by atomic mass is 10.1. The summed E-state index contributed by atoms with van der Waals surface area (Å²) in [5, 5.41) is 13.2. The number of rotatable bonds is 9. The molecule has 0 aliphatic carbocycles. The zero-order valence-corrected chi connectivity index (χ0v) is 16.5. The Morgan fingerprint density at radius 1 is 1.24 bits per heavy atom. The molecule has 0 amide bonds. The first-order valence-electron chi connectivity index (χ1n) is 8.72. The van der Waals surface area contributed by atoms with Gasteiger partial charge in [-0.15, -0.1) is 0 Å². The van der Waals surface area contributed by atoms with Gasteiger partial charge in [-0.2, -0.15) is 5.10 Å². The van der Waals surface area contributed by atoms with Crippen molar-refractivity contribution in [1.82, 2.24) is 14.8 Å². The Hall–Kier alpha value is -3.40. The van der Waals surface area contributed by atoms with Crippen LogP contribution >= 0.6 is 0 Å². The molecule has 3 aromatic rings. The van der Waals surface area contributed by atoms with Gasteiger partial charge in [-0.25, -0.2) is 8.42 Å². The molecule has 0 bridgehead atoms. The number of aryl methyl sites for hydroxylation is 2. The van der Waals surface area contributed by atoms with Gasteiger partial charge in [-0.1, -0.05) is 12.1 Å². The SMILES string of the molecule is COc1ccc(CC(=O)O)cc1S(=O)(=O)Nc1ccn(CCc2ccccn2)n1. The molecule has 0 spiro atoms. The number of hydrogen-bond acceptors (Lipinski definition) is 6. The van der Waals surface area contributed by atoms with E-state index in [0.717, 1.165) is 5.69 Å². The largest absolute Gasteiger partial charge is 0.495 e. The predicted molar refractivity (Wildman–Crippen MR) is 105 cm³/mol. The van der Waals surface area contributed by atoms with Crippen LogP contribution in [0.15, 0.2) is 59.8 Å². The number of carboxylic acids is 1. The molecule has 2 aromatic heterocycles. The molecule has 0 saturated carbocycles. The van der Waals surface area contributed by atoms with Crippen molar-refractivity contribution < 1.29 is 23.1 Å². The Balaban J connectivity index is 1.75. The fourth-order valence-corrected chi connectivity index (χ4v) is 3.94. The molecule has 29 heavy (non-hydrogen) atoms. The number of benzene rings is 1. The first-order valence-corrected chi connectivity index (χ1v) is 10.2. The van der Waals surface area contributed by atoms with Crippen molar-refractivity contribution in [2.75, 3.05) is 11.8 Å². The second kappa shape index (κ2) is 8.74. The second-order valence-corrected chi connectivity index (χ2v) is 7.85. The van der Waals surface area contributed by atoms with Crippen LogP contribution in [0.4, 0.5) is 5.82 Å². The molecule has 2 heterocycles. The van der Waals surface area contributed by atoms with E-state index >= 15 is 0 Å². The number of hydrogen-bond donors (Lipinski definition) is 2. The predicted octanol–water partition coefficient (Wildman–Crippen LogP) is 1.96. The van der Waals surface area contributed by atoms with Gasteiger partial charge in [-0.05, 0) is 29.8 Å². The third kappa shape index (κ3) is 5.32. The summed E-state index contributed by atoms with van der Waals surface area (Å²) in [5.41, 5.74) is 1.25. The first-order chi connectivity index (χ1) is 13.9. The van der Waals surface area contributed by atoms with Crippen molar-refractivity contribution in [2.45, 2.75) is 24.3 Å². The van der Waals surface area contributed by atoms with E-state index in [2.05, 4.69) is 14.8 Å². The standard InChI is InChI=1S/C19H20N4O5S/c1-28-16-6-5-14(13-19(24)25)12-17(16)29(26,27)22-18-8-11-23(21-18)10-7-15-4-2-3-9-20-15/h2-6,8-9,11-12H,7,10,13H2,1H3,(H,21,22)(H,24,25). The highest BCUT2D eigenvalue weighted by Crippen LogP contribution is 2.27. The molecule has 1 aromatic carbocycles. The summed E-state index contributed by atoms with van der Waals surface area (Å²) < 4.78 is 34.8. The number of nitrogens with one attached hydrogen (secondary N) is 1. The number of methoxy groups -OCH3 is 1. The van der Waals surface area contributed by atoms with E-state index in [1.165, 1.54) is 25.3 Å². The number of anilines is 1. The first kappa shape index (κ1) is 20.3. The topological polar surface area (TPSA) is 123 Å². The van der Waals surface area contributed by atoms with Crippen LogP contribution in [0.1, 0.15) is 11.3 Å². The van der Waals surface area contributed by atoms with Gasteiger partial charge in [-0.3, -0.25) is 19.2 Å². The molecule has 9 nitrogen and oxygen atoms in total. The summed E-state index contributed by atoms with van der Waals surface area (Å²) in [6.45, 7) is 0.538. The minimum atomic E-state index is -4.02. The summed E-state index contributed by atoms with van der Waals surface area (Å²) in [5.74, 6) is -0.795. The van der Waals surface area contributed by atoms with Crippen LogP contribution < -0.4 is 9.46 Å². The Morgan fingerprint density at radius 3 is 2.76 bits per heavy atom. The van der Waals surface area contributed by atoms with E-state index in [1.54, 1.807) is 23.1 Å². The Bertz CT molecular complexity index is 1100. The average molecular weight is 416 g/mol. The number of aliphatic carboxylic acids is 1. The highest BCUT2D eigenvalue weighted by Gasteiger charge is 2.22. The maximum atomic E-state index is 12.8. The summed E-state index contributed by atoms with van der Waals surface area (Å²) in [6.07, 6.45) is 3.73. The lowest BCUT2D eigenvalue weighted by molar-refractivity contribution is -0.136. The smallest absolute Gasteiger partial charge is 0.307 e. The lowest BCUT2D eigenvalue weighted by Crippen LogP contribution is -2.15. The van der Waals surface area contributed by atoms with Crippen molar-refractivity contribution >= 4 is 21.8 Å². The van der Waals surface area contributed by atoms with Gasteiger partial charge in [0, 0.05) is 37.1 Å². The zero-order valence-electron chi connectivity index (χ0n) is 15.6. The molecular formula is C19H20N4O5S. The molecule has 2 N–H and O–H groups in total. The molecule has 0 fully saturated rings. The van der Waals surface area contributed by atoms with Gasteiger partial charge in [0.2, 0.25) is 0 Å². The second-order valence-electron chi connectivity index (χ2n) is 6.20. The summed E-state index contributed by atoms with van der Waals surface area (Å²) in [7, 11) is -2.68. The number of aromatic nitrogens is 3. The monoisotopic (exact) mass is 416 g/mol. The molecule has 0 radical (unpaired) electrons. The van der Waals surface area contributed by atoms with Gasteiger partial charge >= 0.3 is 5.97 Å². The van der Waals surface area contributed by atoms with Crippen LogP contribution in [-0.4, -0.2) is 41.4 Å². The Labute approximate surface area is 168 Å². The molecule has 3 rings (SSSR count). The summed E-state index contributed by atoms with van der Waals surface area (Å²) >= 11 is 0. The van der Waals surface area contributed by atoms with Gasteiger partial charge in [0.15, 0.2) is 5.82 Å². The van der Waals surface area contributed by atoms with E-state index in [0.29, 0.717) is 18.5 Å². The number of sulfonamides is 1. The molecule has 0 aliphatic heterocycles. The highest BCUT2D eigenvalue weighted by molar-refractivity contribution is 7.92. The maximum absolute atomic E-state index is 12.8. The third-order valence-electron chi connectivity index (χ3n) is 4.08. The Morgan fingerprint density at radius 2 is 2.07 bits per heavy atom. The van der Waals surface area contributed by atoms with Crippen molar-refractivity contribution in [3.63, 3.8) is 0 Å². The van der Waals surface area contributed by atoms with Gasteiger partial charge in [0.05, 0.1) is 13.5 Å². The van der Waals surface area contributed by atoms with Crippen LogP contribution in [0.2, 0.25) is 0 Å². The van der Waals surface area contributed by atoms with Crippen LogP contribution in [0.5, 0.6) is 5.75 Å². The molecule has 0 atom stereocenters. The number of ether oxygens (including phenoxy) is 1. The summed E-state index contributed by atoms with van der Waals surface area (Å²) in [4.78, 5) is 15.0.